The Balaban J connectivity index is 1.82. The molecule has 2 fully saturated rings. The maximum Gasteiger partial charge on any atom is 0.228 e. The summed E-state index contributed by atoms with van der Waals surface area (Å²) < 4.78 is 35.4. The van der Waals surface area contributed by atoms with Crippen molar-refractivity contribution in [3.63, 3.8) is 0 Å². The molecule has 2 aliphatic rings. The van der Waals surface area contributed by atoms with E-state index in [4.69, 9.17) is 19.4 Å². The van der Waals surface area contributed by atoms with Gasteiger partial charge in [-0.2, -0.15) is 4.98 Å². The number of sulfone groups is 1. The highest BCUT2D eigenvalue weighted by atomic mass is 32.2. The fraction of sp³-hybridized carbons (Fsp3) is 0.500. The third-order valence-electron chi connectivity index (χ3n) is 4.79. The van der Waals surface area contributed by atoms with Gasteiger partial charge in [-0.15, -0.1) is 0 Å². The van der Waals surface area contributed by atoms with Crippen LogP contribution in [0.1, 0.15) is 0 Å². The Kier molecular flexibility index (Phi) is 5.42. The molecule has 9 nitrogen and oxygen atoms in total. The monoisotopic (exact) mass is 405 g/mol. The highest BCUT2D eigenvalue weighted by Crippen LogP contribution is 2.29. The average Bonchev–Trinajstić information content (AvgIpc) is 2.74. The number of pyridine rings is 1. The standard InChI is InChI=1S/C18H23N5O4S/c1-28(24,25)16-2-3-19-13-14(16)15-12-17(22-4-8-26-9-5-22)21-18(20-15)23-6-10-27-11-7-23/h2-3,12-13H,4-11H2,1H3. The lowest BCUT2D eigenvalue weighted by Gasteiger charge is -2.31. The van der Waals surface area contributed by atoms with Crippen molar-refractivity contribution in [1.29, 1.82) is 0 Å². The van der Waals surface area contributed by atoms with Gasteiger partial charge in [-0.1, -0.05) is 0 Å². The minimum atomic E-state index is -3.42. The maximum atomic E-state index is 12.3. The Bertz CT molecular complexity index is 904. The minimum Gasteiger partial charge on any atom is -0.378 e. The molecule has 0 aliphatic carbocycles. The van der Waals surface area contributed by atoms with Crippen molar-refractivity contribution in [3.8, 4) is 11.3 Å². The molecule has 28 heavy (non-hydrogen) atoms. The summed E-state index contributed by atoms with van der Waals surface area (Å²) in [5.74, 6) is 1.34. The molecule has 0 radical (unpaired) electrons. The average molecular weight is 405 g/mol. The Morgan fingerprint density at radius 1 is 0.964 bits per heavy atom. The zero-order valence-corrected chi connectivity index (χ0v) is 16.6. The van der Waals surface area contributed by atoms with Gasteiger partial charge in [0.15, 0.2) is 9.84 Å². The van der Waals surface area contributed by atoms with Crippen molar-refractivity contribution in [1.82, 2.24) is 15.0 Å². The number of nitrogens with zero attached hydrogens (tertiary/aromatic N) is 5. The van der Waals surface area contributed by atoms with Gasteiger partial charge in [0.25, 0.3) is 0 Å². The summed E-state index contributed by atoms with van der Waals surface area (Å²) in [7, 11) is -3.42. The number of rotatable bonds is 4. The third kappa shape index (κ3) is 4.08. The molecule has 4 rings (SSSR count). The lowest BCUT2D eigenvalue weighted by molar-refractivity contribution is 0.121. The molecular weight excluding hydrogens is 382 g/mol. The Morgan fingerprint density at radius 2 is 1.61 bits per heavy atom. The lowest BCUT2D eigenvalue weighted by atomic mass is 10.2. The van der Waals surface area contributed by atoms with Gasteiger partial charge in [-0.05, 0) is 6.07 Å². The van der Waals surface area contributed by atoms with E-state index in [2.05, 4.69) is 14.8 Å². The van der Waals surface area contributed by atoms with E-state index in [0.717, 1.165) is 18.9 Å². The summed E-state index contributed by atoms with van der Waals surface area (Å²) in [6, 6.07) is 3.34. The first-order valence-corrected chi connectivity index (χ1v) is 11.1. The molecule has 10 heteroatoms. The van der Waals surface area contributed by atoms with Crippen molar-refractivity contribution in [2.45, 2.75) is 4.90 Å². The summed E-state index contributed by atoms with van der Waals surface area (Å²) in [5, 5.41) is 0. The van der Waals surface area contributed by atoms with Crippen LogP contribution in [-0.4, -0.2) is 82.2 Å². The van der Waals surface area contributed by atoms with E-state index in [-0.39, 0.29) is 4.90 Å². The summed E-state index contributed by atoms with van der Waals surface area (Å²) in [5.41, 5.74) is 1.03. The number of aromatic nitrogens is 3. The predicted octanol–water partition coefficient (Wildman–Crippen LogP) is 0.615. The molecule has 2 aromatic heterocycles. The molecule has 0 atom stereocenters. The van der Waals surface area contributed by atoms with Gasteiger partial charge in [-0.25, -0.2) is 13.4 Å². The highest BCUT2D eigenvalue weighted by molar-refractivity contribution is 7.90. The van der Waals surface area contributed by atoms with Gasteiger partial charge in [0.1, 0.15) is 5.82 Å². The van der Waals surface area contributed by atoms with E-state index in [1.54, 1.807) is 6.20 Å². The summed E-state index contributed by atoms with van der Waals surface area (Å²) in [4.78, 5) is 18.0. The normalized spacial score (nSPS) is 18.3. The van der Waals surface area contributed by atoms with Crippen molar-refractivity contribution < 1.29 is 17.9 Å². The molecule has 150 valence electrons. The molecule has 0 saturated carbocycles. The first-order valence-electron chi connectivity index (χ1n) is 9.21. The predicted molar refractivity (Wildman–Crippen MR) is 104 cm³/mol. The largest absolute Gasteiger partial charge is 0.378 e. The van der Waals surface area contributed by atoms with E-state index in [0.29, 0.717) is 56.7 Å². The first-order chi connectivity index (χ1) is 13.5. The van der Waals surface area contributed by atoms with Crippen molar-refractivity contribution in [3.05, 3.63) is 24.5 Å². The van der Waals surface area contributed by atoms with Crippen LogP contribution in [0.3, 0.4) is 0 Å². The molecule has 0 unspecified atom stereocenters. The molecule has 0 spiro atoms. The molecule has 0 N–H and O–H groups in total. The van der Waals surface area contributed by atoms with Crippen LogP contribution < -0.4 is 9.80 Å². The fourth-order valence-electron chi connectivity index (χ4n) is 3.32. The smallest absolute Gasteiger partial charge is 0.228 e. The SMILES string of the molecule is CS(=O)(=O)c1ccncc1-c1cc(N2CCOCC2)nc(N2CCOCC2)n1. The lowest BCUT2D eigenvalue weighted by Crippen LogP contribution is -2.39. The van der Waals surface area contributed by atoms with Gasteiger partial charge in [-0.3, -0.25) is 4.98 Å². The molecule has 0 bridgehead atoms. The number of ether oxygens (including phenoxy) is 2. The molecular formula is C18H23N5O4S. The molecule has 2 aromatic rings. The van der Waals surface area contributed by atoms with E-state index in [1.165, 1.54) is 18.5 Å². The van der Waals surface area contributed by atoms with Crippen molar-refractivity contribution >= 4 is 21.6 Å². The molecule has 0 aromatic carbocycles. The minimum absolute atomic E-state index is 0.210. The van der Waals surface area contributed by atoms with Crippen LogP contribution in [0.25, 0.3) is 11.3 Å². The Hall–Kier alpha value is -2.30. The fourth-order valence-corrected chi connectivity index (χ4v) is 4.18. The van der Waals surface area contributed by atoms with Gasteiger partial charge >= 0.3 is 0 Å². The van der Waals surface area contributed by atoms with E-state index in [9.17, 15) is 8.42 Å². The number of hydrogen-bond donors (Lipinski definition) is 0. The van der Waals surface area contributed by atoms with Crippen molar-refractivity contribution in [2.24, 2.45) is 0 Å². The summed E-state index contributed by atoms with van der Waals surface area (Å²) in [6.07, 6.45) is 4.22. The Morgan fingerprint density at radius 3 is 2.25 bits per heavy atom. The first kappa shape index (κ1) is 19.0. The number of morpholine rings is 2. The van der Waals surface area contributed by atoms with Gasteiger partial charge in [0, 0.05) is 56.5 Å². The molecule has 2 aliphatic heterocycles. The third-order valence-corrected chi connectivity index (χ3v) is 5.94. The van der Waals surface area contributed by atoms with Crippen LogP contribution in [0.2, 0.25) is 0 Å². The van der Waals surface area contributed by atoms with Gasteiger partial charge in [0.2, 0.25) is 5.95 Å². The zero-order valence-electron chi connectivity index (χ0n) is 15.7. The molecule has 0 amide bonds. The van der Waals surface area contributed by atoms with Crippen LogP contribution in [-0.2, 0) is 19.3 Å². The highest BCUT2D eigenvalue weighted by Gasteiger charge is 2.22. The van der Waals surface area contributed by atoms with Crippen LogP contribution >= 0.6 is 0 Å². The van der Waals surface area contributed by atoms with Crippen LogP contribution in [0.5, 0.6) is 0 Å². The zero-order chi connectivity index (χ0) is 19.6. The number of anilines is 2. The second kappa shape index (κ2) is 7.98. The quantitative estimate of drug-likeness (QED) is 0.725. The maximum absolute atomic E-state index is 12.3. The molecule has 4 heterocycles. The summed E-state index contributed by atoms with van der Waals surface area (Å²) >= 11 is 0. The second-order valence-electron chi connectivity index (χ2n) is 6.75. The Labute approximate surface area is 164 Å². The van der Waals surface area contributed by atoms with Crippen molar-refractivity contribution in [2.75, 3.05) is 68.7 Å². The van der Waals surface area contributed by atoms with Crippen LogP contribution in [0.15, 0.2) is 29.4 Å². The van der Waals surface area contributed by atoms with E-state index in [1.807, 2.05) is 6.07 Å². The van der Waals surface area contributed by atoms with Gasteiger partial charge < -0.3 is 19.3 Å². The summed E-state index contributed by atoms with van der Waals surface area (Å²) in [6.45, 7) is 5.33. The van der Waals surface area contributed by atoms with E-state index >= 15 is 0 Å². The van der Waals surface area contributed by atoms with E-state index < -0.39 is 9.84 Å². The molecule has 2 saturated heterocycles. The van der Waals surface area contributed by atoms with Crippen LogP contribution in [0, 0.1) is 0 Å². The van der Waals surface area contributed by atoms with Crippen LogP contribution in [0.4, 0.5) is 11.8 Å². The topological polar surface area (TPSA) is 97.8 Å². The number of hydrogen-bond acceptors (Lipinski definition) is 9. The van der Waals surface area contributed by atoms with Gasteiger partial charge in [0.05, 0.1) is 37.0 Å². The second-order valence-corrected chi connectivity index (χ2v) is 8.74.